The number of allylic oxidation sites excluding steroid dienone is 1. The van der Waals surface area contributed by atoms with Crippen molar-refractivity contribution in [1.82, 2.24) is 0 Å². The van der Waals surface area contributed by atoms with Gasteiger partial charge >= 0.3 is 0 Å². The number of hydrogen-bond donors (Lipinski definition) is 0. The smallest absolute Gasteiger partial charge is 0.143 e. The molecule has 0 N–H and O–H groups in total. The highest BCUT2D eigenvalue weighted by Crippen LogP contribution is 2.47. The highest BCUT2D eigenvalue weighted by molar-refractivity contribution is 6.26. The first-order chi connectivity index (χ1) is 21.8. The van der Waals surface area contributed by atoms with Gasteiger partial charge in [-0.15, -0.1) is 0 Å². The molecule has 44 heavy (non-hydrogen) atoms. The van der Waals surface area contributed by atoms with E-state index >= 15 is 0 Å². The van der Waals surface area contributed by atoms with Crippen LogP contribution >= 0.6 is 0 Å². The van der Waals surface area contributed by atoms with Gasteiger partial charge in [0.2, 0.25) is 0 Å². The van der Waals surface area contributed by atoms with Crippen LogP contribution in [0.15, 0.2) is 151 Å². The van der Waals surface area contributed by atoms with Crippen molar-refractivity contribution in [2.45, 2.75) is 6.92 Å². The molecule has 0 bridgehead atoms. The third kappa shape index (κ3) is 4.01. The molecule has 1 nitrogen and oxygen atoms in total. The normalized spacial score (nSPS) is 11.8. The Labute approximate surface area is 257 Å². The van der Waals surface area contributed by atoms with E-state index in [9.17, 15) is 0 Å². The fraction of sp³-hybridized carbons (Fsp3) is 0.0233. The molecule has 1 heteroatoms. The van der Waals surface area contributed by atoms with Gasteiger partial charge < -0.3 is 4.42 Å². The van der Waals surface area contributed by atoms with E-state index in [-0.39, 0.29) is 0 Å². The van der Waals surface area contributed by atoms with Gasteiger partial charge in [0.15, 0.2) is 0 Å². The summed E-state index contributed by atoms with van der Waals surface area (Å²) in [6.45, 7) is 6.08. The summed E-state index contributed by atoms with van der Waals surface area (Å²) in [6, 6.07) is 48.0. The molecular formula is C43H30O. The van der Waals surface area contributed by atoms with Crippen LogP contribution in [-0.2, 0) is 0 Å². The van der Waals surface area contributed by atoms with Crippen LogP contribution in [0.4, 0.5) is 0 Å². The number of fused-ring (bicyclic) bond motifs is 5. The van der Waals surface area contributed by atoms with Crippen LogP contribution in [0.1, 0.15) is 18.1 Å². The minimum absolute atomic E-state index is 0.887. The maximum Gasteiger partial charge on any atom is 0.143 e. The summed E-state index contributed by atoms with van der Waals surface area (Å²) in [4.78, 5) is 0. The monoisotopic (exact) mass is 562 g/mol. The summed E-state index contributed by atoms with van der Waals surface area (Å²) >= 11 is 0. The van der Waals surface area contributed by atoms with Crippen molar-refractivity contribution >= 4 is 55.6 Å². The van der Waals surface area contributed by atoms with Crippen LogP contribution in [-0.4, -0.2) is 0 Å². The molecule has 0 aliphatic heterocycles. The molecule has 0 atom stereocenters. The third-order valence-electron chi connectivity index (χ3n) is 8.77. The Morgan fingerprint density at radius 1 is 0.523 bits per heavy atom. The summed E-state index contributed by atoms with van der Waals surface area (Å²) < 4.78 is 6.61. The van der Waals surface area contributed by atoms with Crippen LogP contribution in [0.5, 0.6) is 0 Å². The van der Waals surface area contributed by atoms with Gasteiger partial charge in [-0.1, -0.05) is 146 Å². The first-order valence-corrected chi connectivity index (χ1v) is 15.1. The number of benzene rings is 7. The van der Waals surface area contributed by atoms with Crippen LogP contribution in [0.25, 0.3) is 89.0 Å². The van der Waals surface area contributed by atoms with Crippen molar-refractivity contribution in [3.05, 3.63) is 157 Å². The highest BCUT2D eigenvalue weighted by atomic mass is 16.3. The molecule has 8 aromatic rings. The van der Waals surface area contributed by atoms with Crippen molar-refractivity contribution in [3.63, 3.8) is 0 Å². The van der Waals surface area contributed by atoms with Gasteiger partial charge in [-0.25, -0.2) is 0 Å². The fourth-order valence-electron chi connectivity index (χ4n) is 6.84. The topological polar surface area (TPSA) is 13.1 Å². The molecule has 0 aliphatic carbocycles. The molecule has 0 saturated carbocycles. The lowest BCUT2D eigenvalue weighted by Gasteiger charge is -2.18. The van der Waals surface area contributed by atoms with Crippen LogP contribution in [0.2, 0.25) is 0 Å². The van der Waals surface area contributed by atoms with Gasteiger partial charge in [0, 0.05) is 16.3 Å². The zero-order valence-corrected chi connectivity index (χ0v) is 24.5. The molecule has 0 unspecified atom stereocenters. The van der Waals surface area contributed by atoms with Gasteiger partial charge in [-0.05, 0) is 79.5 Å². The zero-order valence-electron chi connectivity index (χ0n) is 24.5. The Morgan fingerprint density at radius 2 is 1.11 bits per heavy atom. The lowest BCUT2D eigenvalue weighted by atomic mass is 9.84. The average Bonchev–Trinajstić information content (AvgIpc) is 3.47. The van der Waals surface area contributed by atoms with Crippen LogP contribution in [0.3, 0.4) is 0 Å². The van der Waals surface area contributed by atoms with E-state index in [1.165, 1.54) is 54.9 Å². The largest absolute Gasteiger partial charge is 0.455 e. The predicted octanol–water partition coefficient (Wildman–Crippen LogP) is 12.6. The molecule has 7 aromatic carbocycles. The van der Waals surface area contributed by atoms with Gasteiger partial charge in [0.05, 0.1) is 0 Å². The van der Waals surface area contributed by atoms with E-state index in [0.717, 1.165) is 33.1 Å². The second kappa shape index (κ2) is 10.6. The van der Waals surface area contributed by atoms with Crippen molar-refractivity contribution in [2.24, 2.45) is 0 Å². The maximum absolute atomic E-state index is 6.61. The Bertz CT molecular complexity index is 2330. The van der Waals surface area contributed by atoms with Gasteiger partial charge in [-0.3, -0.25) is 0 Å². The summed E-state index contributed by atoms with van der Waals surface area (Å²) in [6.07, 6.45) is 6.07. The molecule has 0 fully saturated rings. The van der Waals surface area contributed by atoms with E-state index in [4.69, 9.17) is 4.42 Å². The van der Waals surface area contributed by atoms with E-state index in [1.54, 1.807) is 0 Å². The fourth-order valence-corrected chi connectivity index (χ4v) is 6.84. The first-order valence-electron chi connectivity index (χ1n) is 15.1. The Kier molecular flexibility index (Phi) is 6.24. The predicted molar refractivity (Wildman–Crippen MR) is 190 cm³/mol. The Balaban J connectivity index is 1.44. The maximum atomic E-state index is 6.61. The Hall–Kier alpha value is -5.66. The molecule has 0 spiro atoms. The van der Waals surface area contributed by atoms with Crippen LogP contribution < -0.4 is 0 Å². The second-order valence-corrected chi connectivity index (χ2v) is 11.2. The SMILES string of the molecule is C=Cc1ccc2c(oc3cccc(-c4c5ccccc5c(-c5ccc(-c6ccccc6)cc5)c5ccccc45)c32)c1/C=C\C. The summed E-state index contributed by atoms with van der Waals surface area (Å²) in [7, 11) is 0. The van der Waals surface area contributed by atoms with Crippen molar-refractivity contribution in [3.8, 4) is 33.4 Å². The highest BCUT2D eigenvalue weighted by Gasteiger charge is 2.21. The van der Waals surface area contributed by atoms with E-state index in [1.807, 2.05) is 13.0 Å². The molecule has 8 rings (SSSR count). The summed E-state index contributed by atoms with van der Waals surface area (Å²) in [5.74, 6) is 0. The number of furan rings is 1. The second-order valence-electron chi connectivity index (χ2n) is 11.2. The minimum atomic E-state index is 0.887. The van der Waals surface area contributed by atoms with Gasteiger partial charge in [0.1, 0.15) is 11.2 Å². The quantitative estimate of drug-likeness (QED) is 0.190. The summed E-state index contributed by atoms with van der Waals surface area (Å²) in [5, 5.41) is 7.18. The molecule has 1 aromatic heterocycles. The van der Waals surface area contributed by atoms with E-state index in [0.29, 0.717) is 0 Å². The molecule has 0 radical (unpaired) electrons. The standard InChI is InChI=1S/C43H30O/c1-3-13-32-28(4-2)26-27-38-42-37(20-12-21-39(42)44-43(32)38)41-35-18-10-8-16-33(35)40(34-17-9-11-19-36(34)41)31-24-22-30(23-25-31)29-14-6-5-7-15-29/h3-27H,2H2,1H3/b13-3-. The Morgan fingerprint density at radius 3 is 1.75 bits per heavy atom. The van der Waals surface area contributed by atoms with Crippen molar-refractivity contribution in [1.29, 1.82) is 0 Å². The van der Waals surface area contributed by atoms with Crippen molar-refractivity contribution < 1.29 is 4.42 Å². The van der Waals surface area contributed by atoms with E-state index < -0.39 is 0 Å². The average molecular weight is 563 g/mol. The number of rotatable bonds is 5. The zero-order chi connectivity index (χ0) is 29.6. The first kappa shape index (κ1) is 26.0. The molecule has 0 aliphatic rings. The molecule has 208 valence electrons. The van der Waals surface area contributed by atoms with Crippen molar-refractivity contribution in [2.75, 3.05) is 0 Å². The van der Waals surface area contributed by atoms with E-state index in [2.05, 4.69) is 152 Å². The molecular weight excluding hydrogens is 532 g/mol. The lowest BCUT2D eigenvalue weighted by Crippen LogP contribution is -1.91. The molecule has 0 amide bonds. The lowest BCUT2D eigenvalue weighted by molar-refractivity contribution is 0.668. The minimum Gasteiger partial charge on any atom is -0.455 e. The summed E-state index contributed by atoms with van der Waals surface area (Å²) in [5.41, 5.74) is 11.2. The van der Waals surface area contributed by atoms with Crippen LogP contribution in [0, 0.1) is 0 Å². The van der Waals surface area contributed by atoms with Gasteiger partial charge in [0.25, 0.3) is 0 Å². The molecule has 0 saturated heterocycles. The van der Waals surface area contributed by atoms with Gasteiger partial charge in [-0.2, -0.15) is 0 Å². The number of hydrogen-bond acceptors (Lipinski definition) is 1. The third-order valence-corrected chi connectivity index (χ3v) is 8.77. The molecule has 1 heterocycles.